The quantitative estimate of drug-likeness (QED) is 0.595. The molecule has 3 nitrogen and oxygen atoms in total. The van der Waals surface area contributed by atoms with Crippen LogP contribution in [0.15, 0.2) is 0 Å². The summed E-state index contributed by atoms with van der Waals surface area (Å²) in [5, 5.41) is 0. The number of Topliss-reactive ketones (excluding diaryl/α,β-unsaturated/α-hetero) is 1. The summed E-state index contributed by atoms with van der Waals surface area (Å²) in [6.45, 7) is 6.04. The number of hydrogen-bond donors (Lipinski definition) is 0. The Balaban J connectivity index is 2.48. The van der Waals surface area contributed by atoms with Crippen LogP contribution in [0.4, 0.5) is 0 Å². The minimum absolute atomic E-state index is 0.00736. The zero-order chi connectivity index (χ0) is 9.35. The minimum Gasteiger partial charge on any atom is -0.464 e. The molecule has 0 aromatic heterocycles. The monoisotopic (exact) mass is 170 g/mol. The van der Waals surface area contributed by atoms with Gasteiger partial charge in [0.05, 0.1) is 0 Å². The summed E-state index contributed by atoms with van der Waals surface area (Å²) in [6.07, 6.45) is 0.463. The Morgan fingerprint density at radius 2 is 2.17 bits per heavy atom. The van der Waals surface area contributed by atoms with Gasteiger partial charge in [0.25, 0.3) is 6.47 Å². The van der Waals surface area contributed by atoms with Crippen LogP contribution in [0.2, 0.25) is 0 Å². The number of hydrogen-bond acceptors (Lipinski definition) is 3. The van der Waals surface area contributed by atoms with Gasteiger partial charge < -0.3 is 9.53 Å². The maximum absolute atomic E-state index is 10.8. The molecule has 0 aromatic carbocycles. The topological polar surface area (TPSA) is 43.4 Å². The van der Waals surface area contributed by atoms with Gasteiger partial charge >= 0.3 is 0 Å². The van der Waals surface area contributed by atoms with Gasteiger partial charge in [-0.3, -0.25) is 4.79 Å². The second-order valence-corrected chi connectivity index (χ2v) is 3.99. The predicted octanol–water partition coefficient (Wildman–Crippen LogP) is 1.16. The molecule has 3 heteroatoms. The number of carbonyl (C=O) groups is 2. The maximum atomic E-state index is 10.8. The van der Waals surface area contributed by atoms with Gasteiger partial charge in [-0.05, 0) is 6.92 Å². The molecule has 1 aliphatic rings. The molecular weight excluding hydrogens is 156 g/mol. The predicted molar refractivity (Wildman–Crippen MR) is 43.5 cm³/mol. The van der Waals surface area contributed by atoms with Gasteiger partial charge in [0.2, 0.25) is 0 Å². The third-order valence-corrected chi connectivity index (χ3v) is 2.65. The summed E-state index contributed by atoms with van der Waals surface area (Å²) in [7, 11) is 0. The molecule has 0 bridgehead atoms. The highest BCUT2D eigenvalue weighted by atomic mass is 16.5. The van der Waals surface area contributed by atoms with Gasteiger partial charge in [-0.2, -0.15) is 0 Å². The Bertz CT molecular complexity index is 208. The van der Waals surface area contributed by atoms with Crippen molar-refractivity contribution in [3.63, 3.8) is 0 Å². The zero-order valence-electron chi connectivity index (χ0n) is 7.66. The first-order valence-corrected chi connectivity index (χ1v) is 4.08. The molecule has 1 fully saturated rings. The lowest BCUT2D eigenvalue weighted by Crippen LogP contribution is -1.99. The van der Waals surface area contributed by atoms with Gasteiger partial charge in [0.1, 0.15) is 11.9 Å². The van der Waals surface area contributed by atoms with Gasteiger partial charge in [0, 0.05) is 17.8 Å². The SMILES string of the molecule is CC(=O)CC1C(OC=O)C1(C)C. The van der Waals surface area contributed by atoms with Gasteiger partial charge in [-0.25, -0.2) is 0 Å². The largest absolute Gasteiger partial charge is 0.464 e. The van der Waals surface area contributed by atoms with E-state index in [9.17, 15) is 9.59 Å². The molecule has 0 amide bonds. The lowest BCUT2D eigenvalue weighted by atomic mass is 10.1. The van der Waals surface area contributed by atoms with Crippen molar-refractivity contribution in [3.05, 3.63) is 0 Å². The molecule has 0 heterocycles. The fraction of sp³-hybridized carbons (Fsp3) is 0.778. The first-order chi connectivity index (χ1) is 5.50. The highest BCUT2D eigenvalue weighted by Crippen LogP contribution is 2.55. The Labute approximate surface area is 72.1 Å². The molecule has 0 aromatic rings. The van der Waals surface area contributed by atoms with E-state index in [1.807, 2.05) is 13.8 Å². The molecule has 1 aliphatic carbocycles. The van der Waals surface area contributed by atoms with E-state index >= 15 is 0 Å². The van der Waals surface area contributed by atoms with Crippen molar-refractivity contribution in [1.29, 1.82) is 0 Å². The molecule has 1 saturated carbocycles. The van der Waals surface area contributed by atoms with Crippen molar-refractivity contribution in [2.75, 3.05) is 0 Å². The Morgan fingerprint density at radius 3 is 2.58 bits per heavy atom. The van der Waals surface area contributed by atoms with Crippen LogP contribution >= 0.6 is 0 Å². The van der Waals surface area contributed by atoms with E-state index in [2.05, 4.69) is 0 Å². The van der Waals surface area contributed by atoms with Crippen LogP contribution < -0.4 is 0 Å². The average Bonchev–Trinajstić information content (AvgIpc) is 2.39. The molecule has 1 rings (SSSR count). The Hall–Kier alpha value is -0.860. The molecule has 0 aliphatic heterocycles. The highest BCUT2D eigenvalue weighted by Gasteiger charge is 2.60. The summed E-state index contributed by atoms with van der Waals surface area (Å²) in [5.74, 6) is 0.380. The summed E-state index contributed by atoms with van der Waals surface area (Å²) in [5.41, 5.74) is -0.00736. The number of carbonyl (C=O) groups excluding carboxylic acids is 2. The fourth-order valence-electron chi connectivity index (χ4n) is 1.70. The summed E-state index contributed by atoms with van der Waals surface area (Å²) in [4.78, 5) is 20.9. The maximum Gasteiger partial charge on any atom is 0.293 e. The first-order valence-electron chi connectivity index (χ1n) is 4.08. The molecule has 2 unspecified atom stereocenters. The van der Waals surface area contributed by atoms with Crippen LogP contribution in [0.5, 0.6) is 0 Å². The molecular formula is C9H14O3. The smallest absolute Gasteiger partial charge is 0.293 e. The van der Waals surface area contributed by atoms with E-state index in [1.165, 1.54) is 0 Å². The van der Waals surface area contributed by atoms with Crippen molar-refractivity contribution < 1.29 is 14.3 Å². The third kappa shape index (κ3) is 1.49. The summed E-state index contributed by atoms with van der Waals surface area (Å²) >= 11 is 0. The molecule has 2 atom stereocenters. The molecule has 0 radical (unpaired) electrons. The number of ketones is 1. The fourth-order valence-corrected chi connectivity index (χ4v) is 1.70. The van der Waals surface area contributed by atoms with E-state index in [4.69, 9.17) is 4.74 Å². The first kappa shape index (κ1) is 9.23. The third-order valence-electron chi connectivity index (χ3n) is 2.65. The van der Waals surface area contributed by atoms with Crippen molar-refractivity contribution in [2.24, 2.45) is 11.3 Å². The van der Waals surface area contributed by atoms with Crippen LogP contribution in [0.3, 0.4) is 0 Å². The van der Waals surface area contributed by atoms with Crippen molar-refractivity contribution >= 4 is 12.3 Å². The lowest BCUT2D eigenvalue weighted by molar-refractivity contribution is -0.131. The van der Waals surface area contributed by atoms with E-state index in [1.54, 1.807) is 6.92 Å². The van der Waals surface area contributed by atoms with E-state index in [-0.39, 0.29) is 23.2 Å². The van der Waals surface area contributed by atoms with Crippen LogP contribution in [0, 0.1) is 11.3 Å². The Morgan fingerprint density at radius 1 is 1.58 bits per heavy atom. The van der Waals surface area contributed by atoms with E-state index < -0.39 is 0 Å². The van der Waals surface area contributed by atoms with Crippen molar-refractivity contribution in [1.82, 2.24) is 0 Å². The second-order valence-electron chi connectivity index (χ2n) is 3.99. The van der Waals surface area contributed by atoms with Crippen molar-refractivity contribution in [2.45, 2.75) is 33.3 Å². The van der Waals surface area contributed by atoms with Gasteiger partial charge in [-0.1, -0.05) is 13.8 Å². The van der Waals surface area contributed by atoms with Crippen LogP contribution in [-0.2, 0) is 14.3 Å². The molecule has 0 saturated heterocycles. The molecule has 0 spiro atoms. The number of ether oxygens (including phenoxy) is 1. The molecule has 12 heavy (non-hydrogen) atoms. The summed E-state index contributed by atoms with van der Waals surface area (Å²) < 4.78 is 4.85. The highest BCUT2D eigenvalue weighted by molar-refractivity contribution is 5.76. The zero-order valence-corrected chi connectivity index (χ0v) is 7.66. The Kier molecular flexibility index (Phi) is 2.22. The van der Waals surface area contributed by atoms with Crippen LogP contribution in [0.1, 0.15) is 27.2 Å². The van der Waals surface area contributed by atoms with E-state index in [0.717, 1.165) is 0 Å². The second kappa shape index (κ2) is 2.88. The van der Waals surface area contributed by atoms with Crippen molar-refractivity contribution in [3.8, 4) is 0 Å². The standard InChI is InChI=1S/C9H14O3/c1-6(11)4-7-8(12-5-10)9(7,2)3/h5,7-8H,4H2,1-3H3. The van der Waals surface area contributed by atoms with E-state index in [0.29, 0.717) is 12.9 Å². The molecule has 68 valence electrons. The minimum atomic E-state index is -0.0566. The normalized spacial score (nSPS) is 30.9. The lowest BCUT2D eigenvalue weighted by Gasteiger charge is -1.98. The molecule has 0 N–H and O–H groups in total. The van der Waals surface area contributed by atoms with Crippen LogP contribution in [-0.4, -0.2) is 18.4 Å². The van der Waals surface area contributed by atoms with Gasteiger partial charge in [0.15, 0.2) is 0 Å². The van der Waals surface area contributed by atoms with Crippen LogP contribution in [0.25, 0.3) is 0 Å². The summed E-state index contributed by atoms with van der Waals surface area (Å²) in [6, 6.07) is 0. The average molecular weight is 170 g/mol. The van der Waals surface area contributed by atoms with Gasteiger partial charge in [-0.15, -0.1) is 0 Å². The number of rotatable bonds is 4.